The van der Waals surface area contributed by atoms with E-state index in [-0.39, 0.29) is 5.69 Å². The Morgan fingerprint density at radius 1 is 0.424 bits per heavy atom. The lowest BCUT2D eigenvalue weighted by Crippen LogP contribution is -2.12. The summed E-state index contributed by atoms with van der Waals surface area (Å²) in [5.41, 5.74) is 8.37. The maximum atomic E-state index is 15.2. The van der Waals surface area contributed by atoms with Crippen LogP contribution in [0.2, 0.25) is 0 Å². The van der Waals surface area contributed by atoms with Crippen molar-refractivity contribution in [3.8, 4) is 16.9 Å². The molecule has 0 saturated carbocycles. The molecule has 5 nitrogen and oxygen atoms in total. The zero-order chi connectivity index (χ0) is 39.9. The molecule has 0 spiro atoms. The Hall–Kier alpha value is -7.71. The maximum Gasteiger partial charge on any atom is 0.418 e. The second kappa shape index (κ2) is 14.7. The van der Waals surface area contributed by atoms with Gasteiger partial charge in [0.05, 0.1) is 45.2 Å². The molecule has 0 radical (unpaired) electrons. The summed E-state index contributed by atoms with van der Waals surface area (Å²) in [6, 6.07) is 63.9. The average Bonchev–Trinajstić information content (AvgIpc) is 3.60. The first-order valence-electron chi connectivity index (χ1n) is 19.2. The van der Waals surface area contributed by atoms with Crippen LogP contribution in [0.5, 0.6) is 0 Å². The third-order valence-electron chi connectivity index (χ3n) is 10.6. The number of rotatable bonds is 8. The molecule has 0 bridgehead atoms. The van der Waals surface area contributed by atoms with Crippen LogP contribution in [0.25, 0.3) is 49.8 Å². The third kappa shape index (κ3) is 6.60. The van der Waals surface area contributed by atoms with Gasteiger partial charge in [-0.05, 0) is 109 Å². The predicted octanol–water partition coefficient (Wildman–Crippen LogP) is 14.4. The van der Waals surface area contributed by atoms with E-state index in [4.69, 9.17) is 4.98 Å². The standard InChI is InChI=1S/C51H34F3N5/c52-51(53,54)44-28-25-35(47-34-55-45-23-13-14-24-46(45)56-47)31-50(44)59-48-29-26-40(57(36-15-5-1-6-16-36)37-17-7-2-8-18-37)32-42(48)43-33-41(27-30-49(43)59)58(38-19-9-3-10-20-38)39-21-11-4-12-22-39/h1-34H. The normalized spacial score (nSPS) is 11.6. The molecule has 8 heteroatoms. The van der Waals surface area contributed by atoms with Crippen LogP contribution in [0.15, 0.2) is 206 Å². The lowest BCUT2D eigenvalue weighted by Gasteiger charge is -2.26. The molecule has 0 amide bonds. The van der Waals surface area contributed by atoms with E-state index in [9.17, 15) is 0 Å². The largest absolute Gasteiger partial charge is 0.418 e. The van der Waals surface area contributed by atoms with E-state index in [1.54, 1.807) is 16.8 Å². The zero-order valence-electron chi connectivity index (χ0n) is 31.5. The summed E-state index contributed by atoms with van der Waals surface area (Å²) in [6.07, 6.45) is -3.04. The average molecular weight is 774 g/mol. The quantitative estimate of drug-likeness (QED) is 0.154. The van der Waals surface area contributed by atoms with E-state index in [2.05, 4.69) is 26.9 Å². The SMILES string of the molecule is FC(F)(F)c1ccc(-c2cnc3ccccc3n2)cc1-n1c2ccc(N(c3ccccc3)c3ccccc3)cc2c2cc(N(c3ccccc3)c3ccccc3)ccc21. The van der Waals surface area contributed by atoms with Gasteiger partial charge in [0.15, 0.2) is 0 Å². The van der Waals surface area contributed by atoms with Crippen LogP contribution < -0.4 is 9.80 Å². The van der Waals surface area contributed by atoms with Crippen molar-refractivity contribution in [2.45, 2.75) is 6.18 Å². The number of fused-ring (bicyclic) bond motifs is 4. The molecule has 8 aromatic carbocycles. The Morgan fingerprint density at radius 3 is 1.32 bits per heavy atom. The van der Waals surface area contributed by atoms with Crippen molar-refractivity contribution in [2.24, 2.45) is 0 Å². The molecular weight excluding hydrogens is 740 g/mol. The minimum atomic E-state index is -4.65. The number of aromatic nitrogens is 3. The fourth-order valence-electron chi connectivity index (χ4n) is 7.95. The van der Waals surface area contributed by atoms with Crippen LogP contribution in [0.4, 0.5) is 47.3 Å². The number of hydrogen-bond donors (Lipinski definition) is 0. The Morgan fingerprint density at radius 2 is 0.864 bits per heavy atom. The molecule has 59 heavy (non-hydrogen) atoms. The zero-order valence-corrected chi connectivity index (χ0v) is 31.5. The smallest absolute Gasteiger partial charge is 0.310 e. The molecule has 0 fully saturated rings. The van der Waals surface area contributed by atoms with E-state index in [0.29, 0.717) is 33.3 Å². The molecule has 0 N–H and O–H groups in total. The van der Waals surface area contributed by atoms with Gasteiger partial charge in [0.25, 0.3) is 0 Å². The molecule has 2 aromatic heterocycles. The summed E-state index contributed by atoms with van der Waals surface area (Å²) in [4.78, 5) is 13.7. The Balaban J connectivity index is 1.26. The van der Waals surface area contributed by atoms with Crippen LogP contribution in [0.1, 0.15) is 5.56 Å². The van der Waals surface area contributed by atoms with E-state index in [1.807, 2.05) is 170 Å². The van der Waals surface area contributed by atoms with Crippen molar-refractivity contribution in [3.05, 3.63) is 212 Å². The maximum absolute atomic E-state index is 15.2. The Labute approximate surface area is 338 Å². The summed E-state index contributed by atoms with van der Waals surface area (Å²) >= 11 is 0. The van der Waals surface area contributed by atoms with Crippen LogP contribution >= 0.6 is 0 Å². The molecule has 0 saturated heterocycles. The van der Waals surface area contributed by atoms with E-state index in [1.165, 1.54) is 6.07 Å². The lowest BCUT2D eigenvalue weighted by atomic mass is 10.1. The van der Waals surface area contributed by atoms with Crippen LogP contribution in [0, 0.1) is 0 Å². The summed E-state index contributed by atoms with van der Waals surface area (Å²) in [7, 11) is 0. The highest BCUT2D eigenvalue weighted by Crippen LogP contribution is 2.45. The number of anilines is 6. The number of benzene rings is 8. The number of hydrogen-bond acceptors (Lipinski definition) is 4. The molecule has 0 atom stereocenters. The first kappa shape index (κ1) is 35.7. The molecule has 0 aliphatic heterocycles. The van der Waals surface area contributed by atoms with Crippen molar-refractivity contribution < 1.29 is 13.2 Å². The van der Waals surface area contributed by atoms with Gasteiger partial charge in [-0.25, -0.2) is 4.98 Å². The van der Waals surface area contributed by atoms with E-state index < -0.39 is 11.7 Å². The number of alkyl halides is 3. The van der Waals surface area contributed by atoms with Gasteiger partial charge in [0.1, 0.15) is 0 Å². The van der Waals surface area contributed by atoms with Crippen molar-refractivity contribution in [1.82, 2.24) is 14.5 Å². The lowest BCUT2D eigenvalue weighted by molar-refractivity contribution is -0.137. The van der Waals surface area contributed by atoms with Gasteiger partial charge in [0, 0.05) is 50.5 Å². The Bertz CT molecular complexity index is 2880. The highest BCUT2D eigenvalue weighted by Gasteiger charge is 2.35. The van der Waals surface area contributed by atoms with Gasteiger partial charge in [-0.2, -0.15) is 13.2 Å². The number of halogens is 3. The van der Waals surface area contributed by atoms with Crippen molar-refractivity contribution in [2.75, 3.05) is 9.80 Å². The molecule has 0 unspecified atom stereocenters. The highest BCUT2D eigenvalue weighted by atomic mass is 19.4. The minimum Gasteiger partial charge on any atom is -0.310 e. The molecule has 2 heterocycles. The van der Waals surface area contributed by atoms with Crippen molar-refractivity contribution in [3.63, 3.8) is 0 Å². The third-order valence-corrected chi connectivity index (χ3v) is 10.6. The van der Waals surface area contributed by atoms with E-state index >= 15 is 13.2 Å². The molecule has 284 valence electrons. The van der Waals surface area contributed by atoms with Gasteiger partial charge >= 0.3 is 6.18 Å². The topological polar surface area (TPSA) is 37.2 Å². The molecule has 10 aromatic rings. The highest BCUT2D eigenvalue weighted by molar-refractivity contribution is 6.12. The molecular formula is C51H34F3N5. The first-order valence-corrected chi connectivity index (χ1v) is 19.2. The summed E-state index contributed by atoms with van der Waals surface area (Å²) in [5, 5.41) is 1.59. The van der Waals surface area contributed by atoms with Crippen LogP contribution in [-0.4, -0.2) is 14.5 Å². The second-order valence-corrected chi connectivity index (χ2v) is 14.2. The first-order chi connectivity index (χ1) is 28.9. The fraction of sp³-hybridized carbons (Fsp3) is 0.0196. The number of para-hydroxylation sites is 6. The fourth-order valence-corrected chi connectivity index (χ4v) is 7.95. The van der Waals surface area contributed by atoms with Crippen molar-refractivity contribution >= 4 is 67.0 Å². The van der Waals surface area contributed by atoms with Crippen LogP contribution in [-0.2, 0) is 6.18 Å². The monoisotopic (exact) mass is 773 g/mol. The van der Waals surface area contributed by atoms with Gasteiger partial charge < -0.3 is 14.4 Å². The van der Waals surface area contributed by atoms with Gasteiger partial charge in [-0.15, -0.1) is 0 Å². The minimum absolute atomic E-state index is 0.00333. The summed E-state index contributed by atoms with van der Waals surface area (Å²) in [5.74, 6) is 0. The summed E-state index contributed by atoms with van der Waals surface area (Å²) in [6.45, 7) is 0. The van der Waals surface area contributed by atoms with E-state index in [0.717, 1.165) is 51.0 Å². The van der Waals surface area contributed by atoms with Gasteiger partial charge in [0.2, 0.25) is 0 Å². The number of nitrogens with zero attached hydrogens (tertiary/aromatic N) is 5. The predicted molar refractivity (Wildman–Crippen MR) is 234 cm³/mol. The summed E-state index contributed by atoms with van der Waals surface area (Å²) < 4.78 is 47.4. The van der Waals surface area contributed by atoms with Crippen molar-refractivity contribution in [1.29, 1.82) is 0 Å². The molecule has 0 aliphatic rings. The van der Waals surface area contributed by atoms with Crippen LogP contribution in [0.3, 0.4) is 0 Å². The van der Waals surface area contributed by atoms with Gasteiger partial charge in [-0.3, -0.25) is 4.98 Å². The molecule has 10 rings (SSSR count). The second-order valence-electron chi connectivity index (χ2n) is 14.2. The van der Waals surface area contributed by atoms with Gasteiger partial charge in [-0.1, -0.05) is 91.0 Å². The Kier molecular flexibility index (Phi) is 8.87. The molecule has 0 aliphatic carbocycles.